The largest absolute Gasteiger partial charge is 0.508 e. The van der Waals surface area contributed by atoms with Gasteiger partial charge in [0.1, 0.15) is 25.1 Å². The molecule has 0 aliphatic carbocycles. The van der Waals surface area contributed by atoms with Crippen LogP contribution in [0, 0.1) is 0 Å². The number of hydrogen-bond donors (Lipinski definition) is 2. The molecular formula is C28H33FN6O3. The number of anilines is 1. The van der Waals surface area contributed by atoms with Gasteiger partial charge in [0.05, 0.1) is 5.54 Å². The lowest BCUT2D eigenvalue weighted by atomic mass is 9.95. The number of piperazine rings is 1. The van der Waals surface area contributed by atoms with Crippen molar-refractivity contribution in [3.63, 3.8) is 0 Å². The van der Waals surface area contributed by atoms with Gasteiger partial charge in [-0.25, -0.2) is 4.39 Å². The first kappa shape index (κ1) is 23.8. The van der Waals surface area contributed by atoms with Crippen LogP contribution in [0.3, 0.4) is 0 Å². The highest BCUT2D eigenvalue weighted by Crippen LogP contribution is 2.40. The fourth-order valence-corrected chi connectivity index (χ4v) is 6.84. The van der Waals surface area contributed by atoms with Gasteiger partial charge in [0.25, 0.3) is 0 Å². The fraction of sp³-hybridized carbons (Fsp3) is 0.536. The van der Waals surface area contributed by atoms with E-state index in [1.54, 1.807) is 12.1 Å². The van der Waals surface area contributed by atoms with Crippen molar-refractivity contribution in [1.29, 1.82) is 0 Å². The molecule has 5 heterocycles. The smallest absolute Gasteiger partial charge is 0.324 e. The molecule has 4 aliphatic heterocycles. The average Bonchev–Trinajstić information content (AvgIpc) is 3.56. The maximum absolute atomic E-state index is 14.3. The van der Waals surface area contributed by atoms with Gasteiger partial charge in [-0.05, 0) is 55.1 Å². The van der Waals surface area contributed by atoms with Gasteiger partial charge in [-0.1, -0.05) is 24.3 Å². The minimum absolute atomic E-state index is 0.180. The van der Waals surface area contributed by atoms with Gasteiger partial charge in [0.2, 0.25) is 5.95 Å². The Morgan fingerprint density at radius 1 is 1.03 bits per heavy atom. The molecule has 200 valence electrons. The second-order valence-electron chi connectivity index (χ2n) is 11.2. The summed E-state index contributed by atoms with van der Waals surface area (Å²) in [5.74, 6) is 0.724. The van der Waals surface area contributed by atoms with E-state index in [1.807, 2.05) is 24.3 Å². The van der Waals surface area contributed by atoms with Crippen molar-refractivity contribution >= 4 is 16.7 Å². The van der Waals surface area contributed by atoms with Gasteiger partial charge >= 0.3 is 12.0 Å². The molecule has 0 radical (unpaired) electrons. The van der Waals surface area contributed by atoms with Crippen LogP contribution in [0.15, 0.2) is 36.4 Å². The number of fused-ring (bicyclic) bond motifs is 4. The minimum atomic E-state index is -0.819. The number of aromatic nitrogens is 3. The van der Waals surface area contributed by atoms with E-state index >= 15 is 0 Å². The summed E-state index contributed by atoms with van der Waals surface area (Å²) in [6, 6.07) is 12.5. The van der Waals surface area contributed by atoms with Gasteiger partial charge in [-0.3, -0.25) is 4.90 Å². The summed E-state index contributed by atoms with van der Waals surface area (Å²) in [4.78, 5) is 18.3. The number of hydrogen-bond acceptors (Lipinski definition) is 9. The van der Waals surface area contributed by atoms with Gasteiger partial charge in [-0.2, -0.15) is 9.97 Å². The third-order valence-corrected chi connectivity index (χ3v) is 8.60. The van der Waals surface area contributed by atoms with Crippen LogP contribution in [0.25, 0.3) is 10.8 Å². The van der Waals surface area contributed by atoms with E-state index in [2.05, 4.69) is 30.1 Å². The van der Waals surface area contributed by atoms with Crippen LogP contribution < -0.4 is 19.7 Å². The average molecular weight is 521 g/mol. The number of benzene rings is 2. The molecule has 0 saturated carbocycles. The van der Waals surface area contributed by atoms with Crippen molar-refractivity contribution in [1.82, 2.24) is 25.2 Å². The highest BCUT2D eigenvalue weighted by molar-refractivity contribution is 5.87. The number of alkyl halides is 1. The molecule has 2 N–H and O–H groups in total. The lowest BCUT2D eigenvalue weighted by molar-refractivity contribution is 0.106. The highest BCUT2D eigenvalue weighted by atomic mass is 19.1. The predicted octanol–water partition coefficient (Wildman–Crippen LogP) is 3.21. The number of phenols is 1. The topological polar surface area (TPSA) is 95.9 Å². The molecular weight excluding hydrogens is 487 g/mol. The summed E-state index contributed by atoms with van der Waals surface area (Å²) in [6.45, 7) is 3.55. The third kappa shape index (κ3) is 4.49. The number of halogens is 1. The summed E-state index contributed by atoms with van der Waals surface area (Å²) in [7, 11) is 0. The number of aromatic hydroxyl groups is 1. The lowest BCUT2D eigenvalue weighted by Gasteiger charge is -2.33. The maximum atomic E-state index is 14.3. The lowest BCUT2D eigenvalue weighted by Crippen LogP contribution is -2.51. The first-order chi connectivity index (χ1) is 18.5. The van der Waals surface area contributed by atoms with Crippen LogP contribution >= 0.6 is 0 Å². The molecule has 2 aromatic carbocycles. The zero-order valence-electron chi connectivity index (χ0n) is 21.4. The van der Waals surface area contributed by atoms with Gasteiger partial charge in [0, 0.05) is 43.7 Å². The Kier molecular flexibility index (Phi) is 5.96. The first-order valence-electron chi connectivity index (χ1n) is 13.7. The molecule has 3 aromatic rings. The molecule has 2 bridgehead atoms. The number of phenolic OH excluding ortho intramolecular Hbond substituents is 1. The van der Waals surface area contributed by atoms with Crippen LogP contribution in [0.4, 0.5) is 10.3 Å². The van der Waals surface area contributed by atoms with E-state index in [-0.39, 0.29) is 29.9 Å². The Balaban J connectivity index is 1.16. The first-order valence-corrected chi connectivity index (χ1v) is 13.7. The molecule has 7 rings (SSSR count). The van der Waals surface area contributed by atoms with E-state index in [1.165, 1.54) is 0 Å². The summed E-state index contributed by atoms with van der Waals surface area (Å²) < 4.78 is 26.6. The van der Waals surface area contributed by atoms with E-state index < -0.39 is 6.17 Å². The Labute approximate surface area is 221 Å². The van der Waals surface area contributed by atoms with Crippen molar-refractivity contribution in [3.05, 3.63) is 42.0 Å². The van der Waals surface area contributed by atoms with Crippen molar-refractivity contribution in [2.75, 3.05) is 37.7 Å². The summed E-state index contributed by atoms with van der Waals surface area (Å²) in [6.07, 6.45) is 3.92. The Bertz CT molecular complexity index is 1330. The second kappa shape index (κ2) is 9.50. The van der Waals surface area contributed by atoms with Crippen molar-refractivity contribution < 1.29 is 19.0 Å². The quantitative estimate of drug-likeness (QED) is 0.487. The summed E-state index contributed by atoms with van der Waals surface area (Å²) in [5.41, 5.74) is 0.549. The number of nitrogens with one attached hydrogen (secondary N) is 1. The van der Waals surface area contributed by atoms with Crippen LogP contribution in [-0.2, 0) is 6.61 Å². The molecule has 0 unspecified atom stereocenters. The molecule has 0 amide bonds. The van der Waals surface area contributed by atoms with Crippen LogP contribution in [0.5, 0.6) is 17.8 Å². The Morgan fingerprint density at radius 2 is 1.82 bits per heavy atom. The van der Waals surface area contributed by atoms with Crippen LogP contribution in [0.1, 0.15) is 37.7 Å². The molecule has 4 fully saturated rings. The molecule has 0 spiro atoms. The number of nitrogens with zero attached hydrogens (tertiary/aromatic N) is 5. The van der Waals surface area contributed by atoms with E-state index in [0.29, 0.717) is 37.6 Å². The third-order valence-electron chi connectivity index (χ3n) is 8.60. The van der Waals surface area contributed by atoms with E-state index in [9.17, 15) is 9.50 Å². The molecule has 4 aliphatic rings. The van der Waals surface area contributed by atoms with Crippen molar-refractivity contribution in [3.8, 4) is 17.8 Å². The van der Waals surface area contributed by atoms with E-state index in [4.69, 9.17) is 9.47 Å². The minimum Gasteiger partial charge on any atom is -0.508 e. The molecule has 38 heavy (non-hydrogen) atoms. The predicted molar refractivity (Wildman–Crippen MR) is 140 cm³/mol. The highest BCUT2D eigenvalue weighted by Gasteiger charge is 2.49. The van der Waals surface area contributed by atoms with Crippen molar-refractivity contribution in [2.45, 2.75) is 62.5 Å². The van der Waals surface area contributed by atoms with Crippen LogP contribution in [0.2, 0.25) is 0 Å². The van der Waals surface area contributed by atoms with Gasteiger partial charge in [-0.15, -0.1) is 4.98 Å². The van der Waals surface area contributed by atoms with Crippen molar-refractivity contribution in [2.24, 2.45) is 0 Å². The Morgan fingerprint density at radius 3 is 2.66 bits per heavy atom. The molecule has 1 aromatic heterocycles. The van der Waals surface area contributed by atoms with Gasteiger partial charge < -0.3 is 24.8 Å². The monoisotopic (exact) mass is 520 g/mol. The Hall–Kier alpha value is -3.24. The van der Waals surface area contributed by atoms with E-state index in [0.717, 1.165) is 61.7 Å². The second-order valence-corrected chi connectivity index (χ2v) is 11.2. The van der Waals surface area contributed by atoms with Gasteiger partial charge in [0.15, 0.2) is 0 Å². The summed E-state index contributed by atoms with van der Waals surface area (Å²) >= 11 is 0. The SMILES string of the molecule is Oc1cc(COc2nc(OC[C@@]34CCCN3C[C@H](F)C4)nc(N3C[C@H]4CC[C@@H](C3)N4)n2)c2ccccc2c1. The zero-order chi connectivity index (χ0) is 25.7. The zero-order valence-corrected chi connectivity index (χ0v) is 21.4. The number of ether oxygens (including phenoxy) is 2. The molecule has 9 nitrogen and oxygen atoms in total. The maximum Gasteiger partial charge on any atom is 0.324 e. The number of rotatable bonds is 7. The molecule has 10 heteroatoms. The molecule has 4 saturated heterocycles. The standard InChI is InChI=1S/C28H33FN6O3/c29-20-12-28(8-3-9-35(28)13-20)17-38-27-32-25(34-14-21-6-7-22(15-34)30-21)31-26(33-27)37-16-19-11-23(36)10-18-4-1-2-5-24(18)19/h1-2,4-5,10-11,20-22,30,36H,3,6-9,12-17H2/t20-,21-,22+,28+/m1/s1. The van der Waals surface area contributed by atoms with Crippen LogP contribution in [-0.4, -0.2) is 81.5 Å². The molecule has 4 atom stereocenters. The fourth-order valence-electron chi connectivity index (χ4n) is 6.84. The normalized spacial score (nSPS) is 28.7. The summed E-state index contributed by atoms with van der Waals surface area (Å²) in [5, 5.41) is 15.8.